The number of aryl methyl sites for hydroxylation is 1. The maximum absolute atomic E-state index is 13.7. The van der Waals surface area contributed by atoms with Gasteiger partial charge in [0.2, 0.25) is 5.91 Å². The first kappa shape index (κ1) is 26.3. The van der Waals surface area contributed by atoms with Crippen LogP contribution in [0.3, 0.4) is 0 Å². The highest BCUT2D eigenvalue weighted by Gasteiger charge is 2.25. The third-order valence-corrected chi connectivity index (χ3v) is 8.21. The minimum atomic E-state index is -0.193. The summed E-state index contributed by atoms with van der Waals surface area (Å²) in [5, 5.41) is 5.74. The van der Waals surface area contributed by atoms with Crippen molar-refractivity contribution >= 4 is 46.7 Å². The molecule has 0 N–H and O–H groups in total. The number of rotatable bonds is 7. The molecule has 0 radical (unpaired) electrons. The molecule has 0 aliphatic carbocycles. The zero-order valence-corrected chi connectivity index (χ0v) is 23.0. The Hall–Kier alpha value is -3.34. The van der Waals surface area contributed by atoms with Crippen LogP contribution in [0.4, 0.5) is 5.69 Å². The van der Waals surface area contributed by atoms with E-state index in [9.17, 15) is 9.59 Å². The number of hydrogen-bond acceptors (Lipinski definition) is 8. The van der Waals surface area contributed by atoms with Crippen LogP contribution in [-0.4, -0.2) is 62.5 Å². The number of benzene rings is 2. The van der Waals surface area contributed by atoms with E-state index in [-0.39, 0.29) is 17.2 Å². The number of anilines is 1. The molecule has 11 heteroatoms. The summed E-state index contributed by atoms with van der Waals surface area (Å²) in [5.74, 6) is 0.337. The Balaban J connectivity index is 1.33. The van der Waals surface area contributed by atoms with Gasteiger partial charge in [-0.15, -0.1) is 0 Å². The fourth-order valence-electron chi connectivity index (χ4n) is 4.03. The molecular weight excluding hydrogens is 540 g/mol. The van der Waals surface area contributed by atoms with Gasteiger partial charge in [-0.25, -0.2) is 9.97 Å². The van der Waals surface area contributed by atoms with Crippen LogP contribution >= 0.6 is 35.1 Å². The summed E-state index contributed by atoms with van der Waals surface area (Å²) in [6.07, 6.45) is 3.45. The van der Waals surface area contributed by atoms with Crippen molar-refractivity contribution in [2.75, 3.05) is 36.8 Å². The van der Waals surface area contributed by atoms with Crippen molar-refractivity contribution < 1.29 is 4.79 Å². The van der Waals surface area contributed by atoms with Gasteiger partial charge in [0.1, 0.15) is 4.90 Å². The zero-order valence-electron chi connectivity index (χ0n) is 20.7. The van der Waals surface area contributed by atoms with Crippen LogP contribution < -0.4 is 10.5 Å². The number of carbonyl (C=O) groups is 1. The van der Waals surface area contributed by atoms with Crippen LogP contribution in [0.2, 0.25) is 5.02 Å². The molecule has 0 spiro atoms. The molecule has 194 valence electrons. The molecule has 2 aromatic heterocycles. The van der Waals surface area contributed by atoms with Gasteiger partial charge in [-0.1, -0.05) is 53.3 Å². The molecule has 1 aliphatic rings. The number of para-hydroxylation sites is 1. The molecule has 1 amide bonds. The largest absolute Gasteiger partial charge is 0.366 e. The molecule has 0 unspecified atom stereocenters. The summed E-state index contributed by atoms with van der Waals surface area (Å²) in [6.45, 7) is 4.21. The highest BCUT2D eigenvalue weighted by Crippen LogP contribution is 2.33. The van der Waals surface area contributed by atoms with E-state index < -0.39 is 0 Å². The minimum absolute atomic E-state index is 0.0492. The smallest absolute Gasteiger partial charge is 0.287 e. The average molecular weight is 565 g/mol. The molecular formula is C27H25ClN6O2S2. The van der Waals surface area contributed by atoms with E-state index in [0.29, 0.717) is 46.9 Å². The Kier molecular flexibility index (Phi) is 8.31. The van der Waals surface area contributed by atoms with Gasteiger partial charge in [0.05, 0.1) is 23.3 Å². The molecule has 1 fully saturated rings. The van der Waals surface area contributed by atoms with Gasteiger partial charge in [-0.3, -0.25) is 9.59 Å². The summed E-state index contributed by atoms with van der Waals surface area (Å²) >= 11 is 8.81. The first-order valence-corrected chi connectivity index (χ1v) is 14.2. The van der Waals surface area contributed by atoms with Crippen molar-refractivity contribution in [2.45, 2.75) is 21.9 Å². The van der Waals surface area contributed by atoms with Crippen molar-refractivity contribution in [1.82, 2.24) is 24.6 Å². The first-order valence-electron chi connectivity index (χ1n) is 12.0. The van der Waals surface area contributed by atoms with Crippen LogP contribution in [0, 0.1) is 6.92 Å². The molecule has 1 saturated heterocycles. The van der Waals surface area contributed by atoms with Gasteiger partial charge in [-0.05, 0) is 49.4 Å². The summed E-state index contributed by atoms with van der Waals surface area (Å²) in [4.78, 5) is 40.5. The fourth-order valence-corrected chi connectivity index (χ4v) is 5.91. The molecule has 5 rings (SSSR count). The summed E-state index contributed by atoms with van der Waals surface area (Å²) < 4.78 is 1.42. The lowest BCUT2D eigenvalue weighted by atomic mass is 10.2. The van der Waals surface area contributed by atoms with Gasteiger partial charge in [0.15, 0.2) is 5.16 Å². The van der Waals surface area contributed by atoms with E-state index in [4.69, 9.17) is 11.6 Å². The lowest BCUT2D eigenvalue weighted by Gasteiger charge is -2.36. The molecule has 0 atom stereocenters. The zero-order chi connectivity index (χ0) is 26.5. The number of piperazine rings is 1. The van der Waals surface area contributed by atoms with Crippen molar-refractivity contribution in [3.8, 4) is 5.69 Å². The average Bonchev–Trinajstić information content (AvgIpc) is 2.94. The molecule has 3 heterocycles. The van der Waals surface area contributed by atoms with Gasteiger partial charge in [-0.2, -0.15) is 9.78 Å². The van der Waals surface area contributed by atoms with Gasteiger partial charge < -0.3 is 9.80 Å². The van der Waals surface area contributed by atoms with Gasteiger partial charge >= 0.3 is 0 Å². The molecule has 38 heavy (non-hydrogen) atoms. The van der Waals surface area contributed by atoms with Crippen LogP contribution in [-0.2, 0) is 4.79 Å². The molecule has 4 aromatic rings. The van der Waals surface area contributed by atoms with E-state index in [1.807, 2.05) is 72.5 Å². The lowest BCUT2D eigenvalue weighted by molar-refractivity contribution is -0.128. The fraction of sp³-hybridized carbons (Fsp3) is 0.222. The third-order valence-electron chi connectivity index (χ3n) is 6.02. The lowest BCUT2D eigenvalue weighted by Crippen LogP contribution is -2.49. The second-order valence-corrected chi connectivity index (χ2v) is 11.1. The molecule has 0 bridgehead atoms. The molecule has 2 aromatic carbocycles. The highest BCUT2D eigenvalue weighted by molar-refractivity contribution is 7.99. The van der Waals surface area contributed by atoms with Crippen LogP contribution in [0.5, 0.6) is 0 Å². The number of halogens is 1. The second-order valence-electron chi connectivity index (χ2n) is 8.60. The van der Waals surface area contributed by atoms with E-state index in [1.165, 1.54) is 28.2 Å². The Morgan fingerprint density at radius 3 is 2.45 bits per heavy atom. The SMILES string of the molecule is Cc1ccnc(SCC(=O)N2CCN(c3cnn(-c4ccccc4)c(=O)c3Sc3ccc(Cl)cc3)CC2)n1. The summed E-state index contributed by atoms with van der Waals surface area (Å²) in [7, 11) is 0. The Morgan fingerprint density at radius 1 is 1.00 bits per heavy atom. The second kappa shape index (κ2) is 12.0. The van der Waals surface area contributed by atoms with Crippen LogP contribution in [0.1, 0.15) is 5.69 Å². The number of thioether (sulfide) groups is 1. The summed E-state index contributed by atoms with van der Waals surface area (Å²) in [5.41, 5.74) is 2.14. The standard InChI is InChI=1S/C27H25ClN6O2S2/c1-19-11-12-29-27(31-19)37-18-24(35)33-15-13-32(14-16-33)23-17-30-34(21-5-3-2-4-6-21)26(36)25(23)38-22-9-7-20(28)8-10-22/h2-12,17H,13-16,18H2,1H3. The van der Waals surface area contributed by atoms with E-state index in [0.717, 1.165) is 16.3 Å². The normalized spacial score (nSPS) is 13.5. The van der Waals surface area contributed by atoms with E-state index in [2.05, 4.69) is 20.0 Å². The highest BCUT2D eigenvalue weighted by atomic mass is 35.5. The monoisotopic (exact) mass is 564 g/mol. The Labute approximate surface area is 234 Å². The van der Waals surface area contributed by atoms with Crippen LogP contribution in [0.25, 0.3) is 5.69 Å². The van der Waals surface area contributed by atoms with Gasteiger partial charge in [0, 0.05) is 48.0 Å². The van der Waals surface area contributed by atoms with Crippen molar-refractivity contribution in [3.05, 3.63) is 94.1 Å². The van der Waals surface area contributed by atoms with Crippen molar-refractivity contribution in [1.29, 1.82) is 0 Å². The number of amides is 1. The quantitative estimate of drug-likeness (QED) is 0.238. The molecule has 0 saturated carbocycles. The van der Waals surface area contributed by atoms with Crippen molar-refractivity contribution in [3.63, 3.8) is 0 Å². The number of carbonyl (C=O) groups excluding carboxylic acids is 1. The number of hydrogen-bond donors (Lipinski definition) is 0. The maximum atomic E-state index is 13.7. The van der Waals surface area contributed by atoms with Crippen molar-refractivity contribution in [2.24, 2.45) is 0 Å². The molecule has 8 nitrogen and oxygen atoms in total. The number of aromatic nitrogens is 4. The topological polar surface area (TPSA) is 84.2 Å². The van der Waals surface area contributed by atoms with Gasteiger partial charge in [0.25, 0.3) is 5.56 Å². The third kappa shape index (κ3) is 6.20. The number of nitrogens with zero attached hydrogens (tertiary/aromatic N) is 6. The first-order chi connectivity index (χ1) is 18.5. The van der Waals surface area contributed by atoms with E-state index >= 15 is 0 Å². The van der Waals surface area contributed by atoms with Crippen LogP contribution in [0.15, 0.2) is 92.8 Å². The maximum Gasteiger partial charge on any atom is 0.287 e. The van der Waals surface area contributed by atoms with E-state index in [1.54, 1.807) is 12.4 Å². The Bertz CT molecular complexity index is 1480. The minimum Gasteiger partial charge on any atom is -0.366 e. The Morgan fingerprint density at radius 2 is 1.74 bits per heavy atom. The summed E-state index contributed by atoms with van der Waals surface area (Å²) in [6, 6.07) is 18.6. The predicted octanol–water partition coefficient (Wildman–Crippen LogP) is 4.58. The molecule has 1 aliphatic heterocycles. The predicted molar refractivity (Wildman–Crippen MR) is 152 cm³/mol.